The molecule has 0 saturated heterocycles. The van der Waals surface area contributed by atoms with Gasteiger partial charge in [-0.3, -0.25) is 0 Å². The van der Waals surface area contributed by atoms with E-state index in [1.54, 1.807) is 0 Å². The van der Waals surface area contributed by atoms with Crippen LogP contribution in [0, 0.1) is 0 Å². The lowest BCUT2D eigenvalue weighted by atomic mass is 9.98. The molecule has 6 nitrogen and oxygen atoms in total. The highest BCUT2D eigenvalue weighted by Gasteiger charge is 2.21. The first-order valence-electron chi connectivity index (χ1n) is 16.9. The van der Waals surface area contributed by atoms with Gasteiger partial charge in [-0.1, -0.05) is 109 Å². The van der Waals surface area contributed by atoms with Crippen molar-refractivity contribution >= 4 is 65.8 Å². The topological polar surface area (TPSA) is 78.1 Å². The second kappa shape index (κ2) is 10.7. The van der Waals surface area contributed by atoms with E-state index in [-0.39, 0.29) is 0 Å². The minimum absolute atomic E-state index is 0.531. The van der Waals surface area contributed by atoms with Crippen LogP contribution in [-0.2, 0) is 0 Å². The Morgan fingerprint density at radius 2 is 0.863 bits per heavy atom. The third kappa shape index (κ3) is 4.26. The van der Waals surface area contributed by atoms with E-state index in [2.05, 4.69) is 42.5 Å². The molecule has 7 aromatic carbocycles. The average molecular weight is 656 g/mol. The molecular formula is C45H25N3O3. The molecule has 238 valence electrons. The third-order valence-electron chi connectivity index (χ3n) is 9.76. The number of hydrogen-bond acceptors (Lipinski definition) is 6. The summed E-state index contributed by atoms with van der Waals surface area (Å²) in [5.74, 6) is 1.67. The summed E-state index contributed by atoms with van der Waals surface area (Å²) in [5, 5.41) is 6.18. The number of furan rings is 3. The van der Waals surface area contributed by atoms with E-state index in [1.807, 2.05) is 109 Å². The second-order valence-electron chi connectivity index (χ2n) is 12.7. The van der Waals surface area contributed by atoms with Gasteiger partial charge in [-0.15, -0.1) is 0 Å². The van der Waals surface area contributed by atoms with Crippen LogP contribution in [0.4, 0.5) is 0 Å². The molecule has 11 aromatic rings. The van der Waals surface area contributed by atoms with Crippen LogP contribution < -0.4 is 0 Å². The van der Waals surface area contributed by atoms with Gasteiger partial charge in [-0.25, -0.2) is 15.0 Å². The quantitative estimate of drug-likeness (QED) is 0.188. The van der Waals surface area contributed by atoms with Crippen LogP contribution in [0.3, 0.4) is 0 Å². The van der Waals surface area contributed by atoms with Gasteiger partial charge in [-0.2, -0.15) is 0 Å². The van der Waals surface area contributed by atoms with Gasteiger partial charge in [0, 0.05) is 43.4 Å². The summed E-state index contributed by atoms with van der Waals surface area (Å²) < 4.78 is 19.2. The Kier molecular flexibility index (Phi) is 5.86. The molecule has 0 radical (unpaired) electrons. The van der Waals surface area contributed by atoms with Gasteiger partial charge in [0.05, 0.1) is 5.56 Å². The summed E-state index contributed by atoms with van der Waals surface area (Å²) in [6, 6.07) is 51.0. The average Bonchev–Trinajstić information content (AvgIpc) is 3.89. The van der Waals surface area contributed by atoms with Crippen molar-refractivity contribution in [2.24, 2.45) is 0 Å². The molecule has 0 N–H and O–H groups in total. The van der Waals surface area contributed by atoms with Gasteiger partial charge in [0.2, 0.25) is 0 Å². The highest BCUT2D eigenvalue weighted by molar-refractivity contribution is 6.15. The minimum Gasteiger partial charge on any atom is -0.456 e. The van der Waals surface area contributed by atoms with Crippen LogP contribution in [0.1, 0.15) is 0 Å². The van der Waals surface area contributed by atoms with E-state index in [4.69, 9.17) is 28.2 Å². The van der Waals surface area contributed by atoms with E-state index in [0.29, 0.717) is 17.5 Å². The van der Waals surface area contributed by atoms with Crippen molar-refractivity contribution in [3.05, 3.63) is 152 Å². The SMILES string of the molecule is c1ccc(-c2nc(-c3cccc4c3oc3cc(-c5cccc6oc7ccccc7c56)ccc34)nc(-c3cccc4oc5ccccc5c34)n2)cc1. The second-order valence-corrected chi connectivity index (χ2v) is 12.7. The lowest BCUT2D eigenvalue weighted by Crippen LogP contribution is -2.00. The summed E-state index contributed by atoms with van der Waals surface area (Å²) in [4.78, 5) is 15.2. The summed E-state index contributed by atoms with van der Waals surface area (Å²) in [6.45, 7) is 0. The number of fused-ring (bicyclic) bond motifs is 9. The molecule has 0 fully saturated rings. The zero-order chi connectivity index (χ0) is 33.5. The van der Waals surface area contributed by atoms with Crippen LogP contribution in [-0.4, -0.2) is 15.0 Å². The van der Waals surface area contributed by atoms with Crippen LogP contribution in [0.5, 0.6) is 0 Å². The van der Waals surface area contributed by atoms with Crippen molar-refractivity contribution < 1.29 is 13.3 Å². The highest BCUT2D eigenvalue weighted by Crippen LogP contribution is 2.41. The first-order chi connectivity index (χ1) is 25.3. The van der Waals surface area contributed by atoms with Gasteiger partial charge < -0.3 is 13.3 Å². The number of nitrogens with zero attached hydrogens (tertiary/aromatic N) is 3. The molecule has 0 aliphatic rings. The van der Waals surface area contributed by atoms with Crippen molar-refractivity contribution in [3.8, 4) is 45.3 Å². The van der Waals surface area contributed by atoms with E-state index < -0.39 is 0 Å². The molecule has 51 heavy (non-hydrogen) atoms. The Bertz CT molecular complexity index is 3150. The Labute approximate surface area is 290 Å². The van der Waals surface area contributed by atoms with Crippen LogP contribution in [0.25, 0.3) is 111 Å². The third-order valence-corrected chi connectivity index (χ3v) is 9.76. The summed E-state index contributed by atoms with van der Waals surface area (Å²) >= 11 is 0. The van der Waals surface area contributed by atoms with E-state index in [0.717, 1.165) is 93.6 Å². The zero-order valence-corrected chi connectivity index (χ0v) is 27.0. The number of benzene rings is 7. The van der Waals surface area contributed by atoms with Gasteiger partial charge in [-0.05, 0) is 53.6 Å². The maximum atomic E-state index is 6.75. The lowest BCUT2D eigenvalue weighted by molar-refractivity contribution is 0.668. The Morgan fingerprint density at radius 1 is 0.314 bits per heavy atom. The molecule has 0 atom stereocenters. The molecule has 0 bridgehead atoms. The molecular weight excluding hydrogens is 631 g/mol. The molecule has 4 heterocycles. The van der Waals surface area contributed by atoms with Gasteiger partial charge >= 0.3 is 0 Å². The molecule has 0 amide bonds. The highest BCUT2D eigenvalue weighted by atomic mass is 16.3. The van der Waals surface area contributed by atoms with E-state index >= 15 is 0 Å². The van der Waals surface area contributed by atoms with Gasteiger partial charge in [0.1, 0.15) is 33.5 Å². The molecule has 4 aromatic heterocycles. The fourth-order valence-corrected chi connectivity index (χ4v) is 7.45. The molecule has 11 rings (SSSR count). The van der Waals surface area contributed by atoms with Gasteiger partial charge in [0.15, 0.2) is 17.5 Å². The predicted molar refractivity (Wildman–Crippen MR) is 203 cm³/mol. The van der Waals surface area contributed by atoms with Crippen LogP contribution in [0.15, 0.2) is 165 Å². The fourth-order valence-electron chi connectivity index (χ4n) is 7.45. The van der Waals surface area contributed by atoms with Gasteiger partial charge in [0.25, 0.3) is 0 Å². The molecule has 6 heteroatoms. The monoisotopic (exact) mass is 655 g/mol. The minimum atomic E-state index is 0.531. The van der Waals surface area contributed by atoms with E-state index in [1.165, 1.54) is 0 Å². The number of hydrogen-bond donors (Lipinski definition) is 0. The largest absolute Gasteiger partial charge is 0.456 e. The molecule has 0 aliphatic carbocycles. The van der Waals surface area contributed by atoms with Crippen LogP contribution in [0.2, 0.25) is 0 Å². The molecule has 0 aliphatic heterocycles. The standard InChI is InChI=1S/C45H25N3O3/c1-2-11-26(12-3-1)43-46-44(33-17-10-22-38-41(33)32-14-5-7-20-36(32)50-38)48-45(47-43)34-18-8-16-30-29-24-23-27(25-39(29)51-42(30)34)28-15-9-21-37-40(28)31-13-4-6-19-35(31)49-37/h1-25H. The Hall–Kier alpha value is -7.05. The number of aromatic nitrogens is 3. The first kappa shape index (κ1) is 27.9. The molecule has 0 unspecified atom stereocenters. The summed E-state index contributed by atoms with van der Waals surface area (Å²) in [7, 11) is 0. The Balaban J connectivity index is 1.12. The zero-order valence-electron chi connectivity index (χ0n) is 27.0. The summed E-state index contributed by atoms with van der Waals surface area (Å²) in [5.41, 5.74) is 9.55. The van der Waals surface area contributed by atoms with Crippen LogP contribution >= 0.6 is 0 Å². The predicted octanol–water partition coefficient (Wildman–Crippen LogP) is 12.2. The van der Waals surface area contributed by atoms with Crippen molar-refractivity contribution in [2.75, 3.05) is 0 Å². The maximum Gasteiger partial charge on any atom is 0.167 e. The lowest BCUT2D eigenvalue weighted by Gasteiger charge is -2.09. The number of rotatable bonds is 4. The van der Waals surface area contributed by atoms with Crippen molar-refractivity contribution in [1.29, 1.82) is 0 Å². The fraction of sp³-hybridized carbons (Fsp3) is 0. The van der Waals surface area contributed by atoms with Crippen molar-refractivity contribution in [1.82, 2.24) is 15.0 Å². The number of para-hydroxylation sites is 3. The van der Waals surface area contributed by atoms with Crippen molar-refractivity contribution in [2.45, 2.75) is 0 Å². The maximum absolute atomic E-state index is 6.75. The smallest absolute Gasteiger partial charge is 0.167 e. The van der Waals surface area contributed by atoms with E-state index in [9.17, 15) is 0 Å². The normalized spacial score (nSPS) is 11.9. The molecule has 0 spiro atoms. The summed E-state index contributed by atoms with van der Waals surface area (Å²) in [6.07, 6.45) is 0. The van der Waals surface area contributed by atoms with Crippen molar-refractivity contribution in [3.63, 3.8) is 0 Å². The Morgan fingerprint density at radius 3 is 1.61 bits per heavy atom. The first-order valence-corrected chi connectivity index (χ1v) is 16.9. The molecule has 0 saturated carbocycles.